The Morgan fingerprint density at radius 1 is 1.22 bits per heavy atom. The van der Waals surface area contributed by atoms with Crippen molar-refractivity contribution in [3.05, 3.63) is 12.3 Å². The van der Waals surface area contributed by atoms with Gasteiger partial charge in [0.2, 0.25) is 0 Å². The largest absolute Gasteiger partial charge is 0.450 e. The van der Waals surface area contributed by atoms with E-state index in [1.165, 1.54) is 20.5 Å². The number of hydrogen-bond acceptors (Lipinski definition) is 3. The smallest absolute Gasteiger partial charge is 0.314 e. The Kier molecular flexibility index (Phi) is 5.26. The van der Waals surface area contributed by atoms with Gasteiger partial charge in [-0.2, -0.15) is 0 Å². The van der Waals surface area contributed by atoms with E-state index in [4.69, 9.17) is 14.2 Å². The zero-order valence-electron chi connectivity index (χ0n) is 5.96. The van der Waals surface area contributed by atoms with E-state index in [-0.39, 0.29) is 0 Å². The third-order valence-electron chi connectivity index (χ3n) is 0.711. The fourth-order valence-electron chi connectivity index (χ4n) is 0.350. The second kappa shape index (κ2) is 5.59. The highest BCUT2D eigenvalue weighted by Crippen LogP contribution is 1.92. The number of rotatable bonds is 4. The molecule has 0 unspecified atom stereocenters. The van der Waals surface area contributed by atoms with Crippen molar-refractivity contribution >= 4 is 0 Å². The normalized spacial score (nSPS) is 11.1. The Morgan fingerprint density at radius 3 is 2.11 bits per heavy atom. The van der Waals surface area contributed by atoms with E-state index in [0.717, 1.165) is 0 Å². The van der Waals surface area contributed by atoms with Crippen LogP contribution in [0.2, 0.25) is 0 Å². The lowest BCUT2D eigenvalue weighted by Gasteiger charge is -2.10. The number of hydrogen-bond donors (Lipinski definition) is 0. The van der Waals surface area contributed by atoms with Crippen molar-refractivity contribution in [3.8, 4) is 0 Å². The summed E-state index contributed by atoms with van der Waals surface area (Å²) in [5.41, 5.74) is 0. The van der Waals surface area contributed by atoms with E-state index in [1.54, 1.807) is 6.08 Å². The third-order valence-corrected chi connectivity index (χ3v) is 0.711. The molecule has 0 aliphatic heterocycles. The van der Waals surface area contributed by atoms with Crippen LogP contribution in [0.4, 0.5) is 0 Å². The zero-order valence-corrected chi connectivity index (χ0v) is 5.96. The molecule has 0 aromatic rings. The van der Waals surface area contributed by atoms with Crippen molar-refractivity contribution in [2.24, 2.45) is 0 Å². The van der Waals surface area contributed by atoms with Gasteiger partial charge in [0, 0.05) is 14.2 Å². The maximum Gasteiger partial charge on any atom is 0.314 e. The van der Waals surface area contributed by atoms with Crippen LogP contribution in [-0.2, 0) is 14.2 Å². The van der Waals surface area contributed by atoms with Gasteiger partial charge in [-0.3, -0.25) is 0 Å². The SMILES string of the molecule is C/C=C\OC(OC)OC. The van der Waals surface area contributed by atoms with E-state index in [9.17, 15) is 0 Å². The highest BCUT2D eigenvalue weighted by molar-refractivity contribution is 4.64. The first-order valence-corrected chi connectivity index (χ1v) is 2.67. The maximum absolute atomic E-state index is 4.86. The standard InChI is InChI=1S/C6H12O3/c1-4-5-9-6(7-2)8-3/h4-6H,1-3H3/b5-4-. The molecule has 54 valence electrons. The van der Waals surface area contributed by atoms with E-state index < -0.39 is 6.48 Å². The monoisotopic (exact) mass is 132 g/mol. The average molecular weight is 132 g/mol. The molecule has 0 amide bonds. The van der Waals surface area contributed by atoms with Crippen molar-refractivity contribution in [2.75, 3.05) is 14.2 Å². The van der Waals surface area contributed by atoms with E-state index in [0.29, 0.717) is 0 Å². The van der Waals surface area contributed by atoms with Crippen LogP contribution < -0.4 is 0 Å². The molecule has 0 heterocycles. The van der Waals surface area contributed by atoms with Crippen LogP contribution in [0.5, 0.6) is 0 Å². The Morgan fingerprint density at radius 2 is 1.78 bits per heavy atom. The Balaban J connectivity index is 3.31. The first-order chi connectivity index (χ1) is 4.35. The molecule has 0 fully saturated rings. The number of ether oxygens (including phenoxy) is 3. The summed E-state index contributed by atoms with van der Waals surface area (Å²) in [4.78, 5) is 0. The van der Waals surface area contributed by atoms with Gasteiger partial charge in [0.1, 0.15) is 0 Å². The highest BCUT2D eigenvalue weighted by atomic mass is 16.8. The molecule has 0 bridgehead atoms. The van der Waals surface area contributed by atoms with Crippen molar-refractivity contribution in [3.63, 3.8) is 0 Å². The molecule has 3 nitrogen and oxygen atoms in total. The third kappa shape index (κ3) is 4.00. The van der Waals surface area contributed by atoms with Crippen LogP contribution >= 0.6 is 0 Å². The minimum Gasteiger partial charge on any atom is -0.450 e. The zero-order chi connectivity index (χ0) is 7.11. The lowest BCUT2D eigenvalue weighted by molar-refractivity contribution is -0.239. The summed E-state index contributed by atoms with van der Waals surface area (Å²) in [6.07, 6.45) is 3.27. The molecule has 0 spiro atoms. The van der Waals surface area contributed by atoms with Crippen LogP contribution in [0.3, 0.4) is 0 Å². The molecule has 0 aromatic heterocycles. The molecule has 3 heteroatoms. The summed E-state index contributed by atoms with van der Waals surface area (Å²) in [6, 6.07) is 0. The summed E-state index contributed by atoms with van der Waals surface area (Å²) in [7, 11) is 3.02. The van der Waals surface area contributed by atoms with Crippen molar-refractivity contribution in [1.82, 2.24) is 0 Å². The quantitative estimate of drug-likeness (QED) is 0.423. The van der Waals surface area contributed by atoms with Gasteiger partial charge in [-0.15, -0.1) is 0 Å². The van der Waals surface area contributed by atoms with Crippen LogP contribution in [-0.4, -0.2) is 20.7 Å². The summed E-state index contributed by atoms with van der Waals surface area (Å²) in [6.45, 7) is 1.27. The predicted molar refractivity (Wildman–Crippen MR) is 33.7 cm³/mol. The minimum absolute atomic E-state index is 0.582. The topological polar surface area (TPSA) is 27.7 Å². The fraction of sp³-hybridized carbons (Fsp3) is 0.667. The molecule has 0 saturated heterocycles. The summed E-state index contributed by atoms with van der Waals surface area (Å²) in [5.74, 6) is 0. The Hall–Kier alpha value is -0.540. The van der Waals surface area contributed by atoms with Crippen molar-refractivity contribution in [2.45, 2.75) is 13.4 Å². The molecule has 0 N–H and O–H groups in total. The predicted octanol–water partition coefficient (Wildman–Crippen LogP) is 1.11. The van der Waals surface area contributed by atoms with Crippen LogP contribution in [0, 0.1) is 0 Å². The van der Waals surface area contributed by atoms with E-state index in [2.05, 4.69) is 0 Å². The van der Waals surface area contributed by atoms with Gasteiger partial charge in [-0.05, 0) is 6.92 Å². The van der Waals surface area contributed by atoms with Crippen LogP contribution in [0.1, 0.15) is 6.92 Å². The van der Waals surface area contributed by atoms with Crippen molar-refractivity contribution in [1.29, 1.82) is 0 Å². The summed E-state index contributed by atoms with van der Waals surface area (Å²) in [5, 5.41) is 0. The second-order valence-electron chi connectivity index (χ2n) is 1.37. The van der Waals surface area contributed by atoms with Gasteiger partial charge >= 0.3 is 6.48 Å². The molecule has 0 aromatic carbocycles. The summed E-state index contributed by atoms with van der Waals surface area (Å²) < 4.78 is 14.3. The molecular formula is C6H12O3. The fourth-order valence-corrected chi connectivity index (χ4v) is 0.350. The Labute approximate surface area is 55.2 Å². The molecule has 0 aliphatic carbocycles. The van der Waals surface area contributed by atoms with Gasteiger partial charge in [-0.1, -0.05) is 6.08 Å². The van der Waals surface area contributed by atoms with Gasteiger partial charge < -0.3 is 14.2 Å². The lowest BCUT2D eigenvalue weighted by atomic mass is 10.7. The van der Waals surface area contributed by atoms with Gasteiger partial charge in [-0.25, -0.2) is 0 Å². The second-order valence-corrected chi connectivity index (χ2v) is 1.37. The first-order valence-electron chi connectivity index (χ1n) is 2.67. The lowest BCUT2D eigenvalue weighted by Crippen LogP contribution is -2.13. The molecule has 0 radical (unpaired) electrons. The molecular weight excluding hydrogens is 120 g/mol. The van der Waals surface area contributed by atoms with E-state index in [1.807, 2.05) is 6.92 Å². The molecule has 0 saturated carbocycles. The van der Waals surface area contributed by atoms with Gasteiger partial charge in [0.25, 0.3) is 0 Å². The van der Waals surface area contributed by atoms with Gasteiger partial charge in [0.15, 0.2) is 0 Å². The molecule has 9 heavy (non-hydrogen) atoms. The Bertz CT molecular complexity index is 76.4. The molecule has 0 rings (SSSR count). The molecule has 0 atom stereocenters. The number of methoxy groups -OCH3 is 2. The first kappa shape index (κ1) is 8.46. The highest BCUT2D eigenvalue weighted by Gasteiger charge is 1.99. The minimum atomic E-state index is -0.582. The van der Waals surface area contributed by atoms with Crippen LogP contribution in [0.15, 0.2) is 12.3 Å². The maximum atomic E-state index is 4.86. The van der Waals surface area contributed by atoms with Crippen LogP contribution in [0.25, 0.3) is 0 Å². The summed E-state index contributed by atoms with van der Waals surface area (Å²) >= 11 is 0. The average Bonchev–Trinajstić information content (AvgIpc) is 1.91. The molecule has 0 aliphatic rings. The van der Waals surface area contributed by atoms with Gasteiger partial charge in [0.05, 0.1) is 6.26 Å². The number of allylic oxidation sites excluding steroid dienone is 1. The van der Waals surface area contributed by atoms with Crippen molar-refractivity contribution < 1.29 is 14.2 Å². The van der Waals surface area contributed by atoms with E-state index >= 15 is 0 Å².